The lowest BCUT2D eigenvalue weighted by molar-refractivity contribution is -0.140. The lowest BCUT2D eigenvalue weighted by atomic mass is 10.0. The first-order valence-corrected chi connectivity index (χ1v) is 6.96. The highest BCUT2D eigenvalue weighted by atomic mass is 16.5. The Hall–Kier alpha value is -1.10. The van der Waals surface area contributed by atoms with Crippen molar-refractivity contribution in [2.75, 3.05) is 13.7 Å². The minimum atomic E-state index is -0.853. The summed E-state index contributed by atoms with van der Waals surface area (Å²) in [6.45, 7) is 4.76. The average Bonchev–Trinajstić information content (AvgIpc) is 2.89. The van der Waals surface area contributed by atoms with Crippen molar-refractivity contribution in [1.82, 2.24) is 4.90 Å². The maximum absolute atomic E-state index is 12.5. The Kier molecular flexibility index (Phi) is 3.85. The Balaban J connectivity index is 2.04. The highest BCUT2D eigenvalue weighted by Gasteiger charge is 2.55. The van der Waals surface area contributed by atoms with Gasteiger partial charge in [-0.3, -0.25) is 9.59 Å². The van der Waals surface area contributed by atoms with Crippen LogP contribution in [0.2, 0.25) is 0 Å². The van der Waals surface area contributed by atoms with Gasteiger partial charge in [0.25, 0.3) is 0 Å². The van der Waals surface area contributed by atoms with Crippen LogP contribution in [0.1, 0.15) is 39.5 Å². The number of carboxylic acid groups (broad SMARTS) is 1. The molecule has 1 amide bonds. The standard InChI is InChI=1S/C14H23NO4/c1-4-14(2)7-11(14)13(18)15-8-10(19-3)5-9(15)6-12(16)17/h9-11H,4-8H2,1-3H3,(H,16,17)/t9-,10-,11+,14+/m0/s1. The quantitative estimate of drug-likeness (QED) is 0.821. The fourth-order valence-corrected chi connectivity index (χ4v) is 3.09. The molecule has 1 saturated carbocycles. The van der Waals surface area contributed by atoms with Crippen molar-refractivity contribution in [3.63, 3.8) is 0 Å². The third kappa shape index (κ3) is 2.76. The van der Waals surface area contributed by atoms with E-state index in [1.54, 1.807) is 12.0 Å². The third-order valence-corrected chi connectivity index (χ3v) is 4.86. The molecule has 19 heavy (non-hydrogen) atoms. The molecule has 1 aliphatic carbocycles. The Morgan fingerprint density at radius 3 is 2.63 bits per heavy atom. The van der Waals surface area contributed by atoms with E-state index in [4.69, 9.17) is 9.84 Å². The monoisotopic (exact) mass is 269 g/mol. The molecule has 0 aromatic carbocycles. The number of likely N-dealkylation sites (tertiary alicyclic amines) is 1. The Morgan fingerprint density at radius 2 is 2.16 bits per heavy atom. The van der Waals surface area contributed by atoms with Crippen LogP contribution in [0.3, 0.4) is 0 Å². The van der Waals surface area contributed by atoms with Crippen molar-refractivity contribution in [3.8, 4) is 0 Å². The zero-order chi connectivity index (χ0) is 14.2. The number of hydrogen-bond acceptors (Lipinski definition) is 3. The second-order valence-corrected chi connectivity index (χ2v) is 6.10. The highest BCUT2D eigenvalue weighted by molar-refractivity contribution is 5.84. The van der Waals surface area contributed by atoms with E-state index in [1.807, 2.05) is 0 Å². The molecule has 0 radical (unpaired) electrons. The van der Waals surface area contributed by atoms with Crippen LogP contribution >= 0.6 is 0 Å². The fourth-order valence-electron chi connectivity index (χ4n) is 3.09. The number of aliphatic carboxylic acids is 1. The van der Waals surface area contributed by atoms with Gasteiger partial charge in [0.05, 0.1) is 12.5 Å². The maximum atomic E-state index is 12.5. The summed E-state index contributed by atoms with van der Waals surface area (Å²) in [4.78, 5) is 25.2. The molecule has 5 heteroatoms. The minimum absolute atomic E-state index is 0.0150. The van der Waals surface area contributed by atoms with Gasteiger partial charge < -0.3 is 14.7 Å². The van der Waals surface area contributed by atoms with Crippen molar-refractivity contribution < 1.29 is 19.4 Å². The normalized spacial score (nSPS) is 37.4. The van der Waals surface area contributed by atoms with E-state index in [2.05, 4.69) is 13.8 Å². The summed E-state index contributed by atoms with van der Waals surface area (Å²) in [7, 11) is 1.61. The summed E-state index contributed by atoms with van der Waals surface area (Å²) in [5.41, 5.74) is 0.121. The first-order valence-electron chi connectivity index (χ1n) is 6.96. The van der Waals surface area contributed by atoms with Crippen molar-refractivity contribution in [2.45, 2.75) is 51.7 Å². The van der Waals surface area contributed by atoms with Crippen LogP contribution in [0.25, 0.3) is 0 Å². The number of carboxylic acids is 1. The topological polar surface area (TPSA) is 66.8 Å². The largest absolute Gasteiger partial charge is 0.481 e. The number of ether oxygens (including phenoxy) is 1. The summed E-state index contributed by atoms with van der Waals surface area (Å²) >= 11 is 0. The van der Waals surface area contributed by atoms with Crippen molar-refractivity contribution in [1.29, 1.82) is 0 Å². The molecular weight excluding hydrogens is 246 g/mol. The SMILES string of the molecule is CC[C@]1(C)C[C@@H]1C(=O)N1C[C@@H](OC)C[C@H]1CC(=O)O. The summed E-state index contributed by atoms with van der Waals surface area (Å²) < 4.78 is 5.29. The summed E-state index contributed by atoms with van der Waals surface area (Å²) in [5.74, 6) is -0.659. The molecule has 2 rings (SSSR count). The second-order valence-electron chi connectivity index (χ2n) is 6.10. The van der Waals surface area contributed by atoms with Crippen LogP contribution in [0.4, 0.5) is 0 Å². The van der Waals surface area contributed by atoms with Crippen LogP contribution < -0.4 is 0 Å². The molecule has 108 valence electrons. The Bertz CT molecular complexity index is 384. The summed E-state index contributed by atoms with van der Waals surface area (Å²) in [6, 6.07) is -0.211. The first-order chi connectivity index (χ1) is 8.91. The predicted molar refractivity (Wildman–Crippen MR) is 69.7 cm³/mol. The van der Waals surface area contributed by atoms with Gasteiger partial charge in [0.1, 0.15) is 0 Å². The molecular formula is C14H23NO4. The van der Waals surface area contributed by atoms with Gasteiger partial charge in [-0.2, -0.15) is 0 Å². The van der Waals surface area contributed by atoms with Gasteiger partial charge >= 0.3 is 5.97 Å². The lowest BCUT2D eigenvalue weighted by Crippen LogP contribution is -2.39. The molecule has 0 aromatic rings. The molecule has 0 unspecified atom stereocenters. The number of hydrogen-bond donors (Lipinski definition) is 1. The molecule has 1 N–H and O–H groups in total. The highest BCUT2D eigenvalue weighted by Crippen LogP contribution is 2.55. The van der Waals surface area contributed by atoms with E-state index >= 15 is 0 Å². The minimum Gasteiger partial charge on any atom is -0.481 e. The number of rotatable bonds is 5. The van der Waals surface area contributed by atoms with Gasteiger partial charge in [-0.25, -0.2) is 0 Å². The van der Waals surface area contributed by atoms with Gasteiger partial charge in [-0.05, 0) is 24.7 Å². The van der Waals surface area contributed by atoms with E-state index in [-0.39, 0.29) is 35.8 Å². The van der Waals surface area contributed by atoms with E-state index in [0.717, 1.165) is 12.8 Å². The third-order valence-electron chi connectivity index (χ3n) is 4.86. The van der Waals surface area contributed by atoms with Gasteiger partial charge in [0.15, 0.2) is 0 Å². The van der Waals surface area contributed by atoms with Gasteiger partial charge in [0.2, 0.25) is 5.91 Å². The number of carbonyl (C=O) groups is 2. The molecule has 2 fully saturated rings. The van der Waals surface area contributed by atoms with Crippen LogP contribution in [-0.2, 0) is 14.3 Å². The first kappa shape index (κ1) is 14.3. The molecule has 5 nitrogen and oxygen atoms in total. The number of nitrogens with zero attached hydrogens (tertiary/aromatic N) is 1. The van der Waals surface area contributed by atoms with Gasteiger partial charge in [-0.1, -0.05) is 13.8 Å². The smallest absolute Gasteiger partial charge is 0.305 e. The molecule has 0 bridgehead atoms. The zero-order valence-electron chi connectivity index (χ0n) is 11.9. The number of carbonyl (C=O) groups excluding carboxylic acids is 1. The van der Waals surface area contributed by atoms with E-state index in [9.17, 15) is 9.59 Å². The van der Waals surface area contributed by atoms with Crippen molar-refractivity contribution in [2.24, 2.45) is 11.3 Å². The molecule has 0 aromatic heterocycles. The van der Waals surface area contributed by atoms with Crippen LogP contribution in [-0.4, -0.2) is 47.7 Å². The maximum Gasteiger partial charge on any atom is 0.305 e. The molecule has 4 atom stereocenters. The van der Waals surface area contributed by atoms with Crippen molar-refractivity contribution in [3.05, 3.63) is 0 Å². The van der Waals surface area contributed by atoms with Gasteiger partial charge in [0, 0.05) is 25.6 Å². The summed E-state index contributed by atoms with van der Waals surface area (Å²) in [5, 5.41) is 8.96. The average molecular weight is 269 g/mol. The van der Waals surface area contributed by atoms with Crippen LogP contribution in [0.15, 0.2) is 0 Å². The zero-order valence-corrected chi connectivity index (χ0v) is 11.9. The van der Waals surface area contributed by atoms with Gasteiger partial charge in [-0.15, -0.1) is 0 Å². The lowest BCUT2D eigenvalue weighted by Gasteiger charge is -2.24. The summed E-state index contributed by atoms with van der Waals surface area (Å²) in [6.07, 6.45) is 2.54. The second kappa shape index (κ2) is 5.12. The predicted octanol–water partition coefficient (Wildman–Crippen LogP) is 1.51. The van der Waals surface area contributed by atoms with E-state index in [1.165, 1.54) is 0 Å². The van der Waals surface area contributed by atoms with Crippen LogP contribution in [0.5, 0.6) is 0 Å². The molecule has 1 aliphatic heterocycles. The molecule has 1 heterocycles. The molecule has 0 spiro atoms. The number of amides is 1. The Morgan fingerprint density at radius 1 is 1.47 bits per heavy atom. The molecule has 2 aliphatic rings. The van der Waals surface area contributed by atoms with Crippen molar-refractivity contribution >= 4 is 11.9 Å². The number of methoxy groups -OCH3 is 1. The Labute approximate surface area is 113 Å². The van der Waals surface area contributed by atoms with Crippen LogP contribution in [0, 0.1) is 11.3 Å². The van der Waals surface area contributed by atoms with E-state index < -0.39 is 5.97 Å². The molecule has 1 saturated heterocycles. The van der Waals surface area contributed by atoms with E-state index in [0.29, 0.717) is 13.0 Å². The fraction of sp³-hybridized carbons (Fsp3) is 0.857.